The van der Waals surface area contributed by atoms with E-state index in [1.165, 1.54) is 0 Å². The third-order valence-electron chi connectivity index (χ3n) is 4.39. The summed E-state index contributed by atoms with van der Waals surface area (Å²) < 4.78 is 11.0. The number of halogens is 1. The van der Waals surface area contributed by atoms with Gasteiger partial charge in [0.1, 0.15) is 5.75 Å². The fraction of sp³-hybridized carbons (Fsp3) is 0.350. The second kappa shape index (κ2) is 8.97. The van der Waals surface area contributed by atoms with E-state index in [0.29, 0.717) is 19.0 Å². The van der Waals surface area contributed by atoms with Crippen molar-refractivity contribution in [3.8, 4) is 5.75 Å². The van der Waals surface area contributed by atoms with Crippen molar-refractivity contribution in [2.45, 2.75) is 13.8 Å². The van der Waals surface area contributed by atoms with Crippen molar-refractivity contribution in [3.63, 3.8) is 0 Å². The number of urea groups is 1. The maximum Gasteiger partial charge on any atom is 0.321 e. The van der Waals surface area contributed by atoms with Gasteiger partial charge in [0, 0.05) is 18.1 Å². The van der Waals surface area contributed by atoms with Gasteiger partial charge in [0.15, 0.2) is 6.73 Å². The number of hydrogen-bond acceptors (Lipinski definition) is 4. The molecule has 0 unspecified atom stereocenters. The molecular weight excluding hydrogens is 366 g/mol. The van der Waals surface area contributed by atoms with Crippen LogP contribution < -0.4 is 20.3 Å². The largest absolute Gasteiger partial charge is 0.473 e. The van der Waals surface area contributed by atoms with E-state index in [4.69, 9.17) is 21.1 Å². The molecule has 6 nitrogen and oxygen atoms in total. The van der Waals surface area contributed by atoms with E-state index >= 15 is 0 Å². The Morgan fingerprint density at radius 3 is 2.56 bits per heavy atom. The zero-order chi connectivity index (χ0) is 19.2. The molecule has 1 heterocycles. The second-order valence-corrected chi connectivity index (χ2v) is 6.79. The molecule has 0 atom stereocenters. The Bertz CT molecular complexity index is 784. The Labute approximate surface area is 164 Å². The number of para-hydroxylation sites is 2. The van der Waals surface area contributed by atoms with E-state index in [2.05, 4.69) is 15.5 Å². The van der Waals surface area contributed by atoms with E-state index in [9.17, 15) is 4.79 Å². The SMILES string of the molecule is Cc1cc(OCNC(=O)Nc2ccccc2N2CCOCC2)cc(C)c1Cl. The lowest BCUT2D eigenvalue weighted by atomic mass is 10.1. The first-order chi connectivity index (χ1) is 13.0. The molecule has 3 rings (SSSR count). The summed E-state index contributed by atoms with van der Waals surface area (Å²) in [7, 11) is 0. The Kier molecular flexibility index (Phi) is 6.42. The predicted octanol–water partition coefficient (Wildman–Crippen LogP) is 3.95. The molecule has 0 bridgehead atoms. The molecule has 0 spiro atoms. The number of benzene rings is 2. The molecule has 2 N–H and O–H groups in total. The van der Waals surface area contributed by atoms with Crippen LogP contribution in [0, 0.1) is 13.8 Å². The first-order valence-corrected chi connectivity index (χ1v) is 9.28. The molecule has 2 aromatic carbocycles. The Balaban J connectivity index is 1.55. The van der Waals surface area contributed by atoms with E-state index in [-0.39, 0.29) is 12.8 Å². The molecule has 0 radical (unpaired) electrons. The fourth-order valence-corrected chi connectivity index (χ4v) is 3.11. The highest BCUT2D eigenvalue weighted by Gasteiger charge is 2.15. The molecule has 0 aliphatic carbocycles. The van der Waals surface area contributed by atoms with Gasteiger partial charge in [-0.15, -0.1) is 0 Å². The van der Waals surface area contributed by atoms with Crippen molar-refractivity contribution in [3.05, 3.63) is 52.5 Å². The Morgan fingerprint density at radius 2 is 1.85 bits per heavy atom. The zero-order valence-corrected chi connectivity index (χ0v) is 16.3. The van der Waals surface area contributed by atoms with E-state index in [0.717, 1.165) is 40.6 Å². The first kappa shape index (κ1) is 19.3. The average molecular weight is 390 g/mol. The van der Waals surface area contributed by atoms with Gasteiger partial charge in [0.05, 0.1) is 24.6 Å². The smallest absolute Gasteiger partial charge is 0.321 e. The second-order valence-electron chi connectivity index (χ2n) is 6.41. The van der Waals surface area contributed by atoms with Gasteiger partial charge < -0.3 is 25.0 Å². The summed E-state index contributed by atoms with van der Waals surface area (Å²) in [6.45, 7) is 6.89. The lowest BCUT2D eigenvalue weighted by Crippen LogP contribution is -2.37. The normalized spacial score (nSPS) is 14.0. The molecule has 1 fully saturated rings. The molecule has 27 heavy (non-hydrogen) atoms. The minimum Gasteiger partial charge on any atom is -0.473 e. The number of nitrogens with zero attached hydrogens (tertiary/aromatic N) is 1. The monoisotopic (exact) mass is 389 g/mol. The van der Waals surface area contributed by atoms with Crippen LogP contribution in [-0.2, 0) is 4.74 Å². The first-order valence-electron chi connectivity index (χ1n) is 8.90. The molecule has 1 aliphatic rings. The zero-order valence-electron chi connectivity index (χ0n) is 15.5. The van der Waals surface area contributed by atoms with Crippen molar-refractivity contribution in [2.24, 2.45) is 0 Å². The van der Waals surface area contributed by atoms with E-state index in [1.807, 2.05) is 50.2 Å². The molecule has 2 aromatic rings. The minimum absolute atomic E-state index is 0.0616. The number of rotatable bonds is 5. The van der Waals surface area contributed by atoms with Crippen LogP contribution in [0.3, 0.4) is 0 Å². The van der Waals surface area contributed by atoms with Gasteiger partial charge in [-0.3, -0.25) is 0 Å². The summed E-state index contributed by atoms with van der Waals surface area (Å²) >= 11 is 6.16. The van der Waals surface area contributed by atoms with Gasteiger partial charge >= 0.3 is 6.03 Å². The van der Waals surface area contributed by atoms with Crippen molar-refractivity contribution in [1.82, 2.24) is 5.32 Å². The van der Waals surface area contributed by atoms with Gasteiger partial charge in [-0.2, -0.15) is 0 Å². The van der Waals surface area contributed by atoms with Gasteiger partial charge in [0.25, 0.3) is 0 Å². The molecular formula is C20H24ClN3O3. The van der Waals surface area contributed by atoms with Crippen LogP contribution in [-0.4, -0.2) is 39.1 Å². The standard InChI is InChI=1S/C20H24ClN3O3/c1-14-11-16(12-15(2)19(14)21)27-13-22-20(25)23-17-5-3-4-6-18(17)24-7-9-26-10-8-24/h3-6,11-12H,7-10,13H2,1-2H3,(H2,22,23,25). The average Bonchev–Trinajstić information content (AvgIpc) is 2.67. The van der Waals surface area contributed by atoms with Crippen molar-refractivity contribution in [2.75, 3.05) is 43.3 Å². The number of carbonyl (C=O) groups excluding carboxylic acids is 1. The molecule has 7 heteroatoms. The summed E-state index contributed by atoms with van der Waals surface area (Å²) in [6.07, 6.45) is 0. The fourth-order valence-electron chi connectivity index (χ4n) is 3.00. The molecule has 1 aliphatic heterocycles. The lowest BCUT2D eigenvalue weighted by Gasteiger charge is -2.30. The summed E-state index contributed by atoms with van der Waals surface area (Å²) in [5, 5.41) is 6.34. The highest BCUT2D eigenvalue weighted by Crippen LogP contribution is 2.27. The predicted molar refractivity (Wildman–Crippen MR) is 108 cm³/mol. The molecule has 0 saturated carbocycles. The highest BCUT2D eigenvalue weighted by molar-refractivity contribution is 6.32. The Hall–Kier alpha value is -2.44. The maximum absolute atomic E-state index is 12.3. The maximum atomic E-state index is 12.3. The number of anilines is 2. The molecule has 2 amide bonds. The lowest BCUT2D eigenvalue weighted by molar-refractivity contribution is 0.123. The third-order valence-corrected chi connectivity index (χ3v) is 4.98. The number of morpholine rings is 1. The van der Waals surface area contributed by atoms with Crippen LogP contribution in [0.15, 0.2) is 36.4 Å². The quantitative estimate of drug-likeness (QED) is 0.760. The number of aryl methyl sites for hydroxylation is 2. The number of carbonyl (C=O) groups is 1. The molecule has 0 aromatic heterocycles. The number of ether oxygens (including phenoxy) is 2. The van der Waals surface area contributed by atoms with E-state index < -0.39 is 0 Å². The highest BCUT2D eigenvalue weighted by atomic mass is 35.5. The summed E-state index contributed by atoms with van der Waals surface area (Å²) in [6, 6.07) is 11.1. The summed E-state index contributed by atoms with van der Waals surface area (Å²) in [5.74, 6) is 0.670. The Morgan fingerprint density at radius 1 is 1.19 bits per heavy atom. The third kappa shape index (κ3) is 5.05. The van der Waals surface area contributed by atoms with Gasteiger partial charge in [0.2, 0.25) is 0 Å². The van der Waals surface area contributed by atoms with Crippen molar-refractivity contribution < 1.29 is 14.3 Å². The van der Waals surface area contributed by atoms with Crippen LogP contribution in [0.4, 0.5) is 16.2 Å². The summed E-state index contributed by atoms with van der Waals surface area (Å²) in [4.78, 5) is 14.5. The summed E-state index contributed by atoms with van der Waals surface area (Å²) in [5.41, 5.74) is 3.63. The minimum atomic E-state index is -0.321. The van der Waals surface area contributed by atoms with Crippen LogP contribution in [0.2, 0.25) is 5.02 Å². The van der Waals surface area contributed by atoms with Gasteiger partial charge in [-0.25, -0.2) is 4.79 Å². The van der Waals surface area contributed by atoms with Crippen LogP contribution in [0.1, 0.15) is 11.1 Å². The van der Waals surface area contributed by atoms with E-state index in [1.54, 1.807) is 0 Å². The number of hydrogen-bond donors (Lipinski definition) is 2. The molecule has 144 valence electrons. The topological polar surface area (TPSA) is 62.8 Å². The van der Waals surface area contributed by atoms with Crippen LogP contribution in [0.5, 0.6) is 5.75 Å². The van der Waals surface area contributed by atoms with Gasteiger partial charge in [-0.1, -0.05) is 23.7 Å². The number of amides is 2. The van der Waals surface area contributed by atoms with Crippen molar-refractivity contribution >= 4 is 29.0 Å². The molecule has 1 saturated heterocycles. The van der Waals surface area contributed by atoms with Crippen LogP contribution in [0.25, 0.3) is 0 Å². The van der Waals surface area contributed by atoms with Gasteiger partial charge in [-0.05, 0) is 49.2 Å². The number of nitrogens with one attached hydrogen (secondary N) is 2. The van der Waals surface area contributed by atoms with Crippen LogP contribution >= 0.6 is 11.6 Å². The van der Waals surface area contributed by atoms with Crippen molar-refractivity contribution in [1.29, 1.82) is 0 Å².